The lowest BCUT2D eigenvalue weighted by Crippen LogP contribution is -2.29. The molecule has 0 radical (unpaired) electrons. The highest BCUT2D eigenvalue weighted by atomic mass is 79.9. The lowest BCUT2D eigenvalue weighted by Gasteiger charge is -2.21. The third-order valence-electron chi connectivity index (χ3n) is 3.00. The van der Waals surface area contributed by atoms with Crippen LogP contribution in [-0.2, 0) is 0 Å². The second-order valence-electron chi connectivity index (χ2n) is 4.82. The third kappa shape index (κ3) is 6.43. The van der Waals surface area contributed by atoms with E-state index in [2.05, 4.69) is 21.2 Å². The van der Waals surface area contributed by atoms with Crippen LogP contribution in [0, 0.1) is 0 Å². The molecule has 1 aromatic rings. The van der Waals surface area contributed by atoms with Gasteiger partial charge in [-0.2, -0.15) is 13.2 Å². The Bertz CT molecular complexity index is 393. The maximum atomic E-state index is 12.1. The van der Waals surface area contributed by atoms with Crippen molar-refractivity contribution in [3.63, 3.8) is 0 Å². The Kier molecular flexibility index (Phi) is 6.33. The Morgan fingerprint density at radius 2 is 1.84 bits per heavy atom. The van der Waals surface area contributed by atoms with Gasteiger partial charge in [-0.25, -0.2) is 0 Å². The molecule has 1 aromatic carbocycles. The first-order chi connectivity index (χ1) is 8.79. The van der Waals surface area contributed by atoms with E-state index in [4.69, 9.17) is 0 Å². The van der Waals surface area contributed by atoms with Crippen LogP contribution in [0.3, 0.4) is 0 Å². The molecule has 2 unspecified atom stereocenters. The zero-order chi connectivity index (χ0) is 14.5. The first-order valence-electron chi connectivity index (χ1n) is 6.37. The van der Waals surface area contributed by atoms with Gasteiger partial charge in [0.15, 0.2) is 0 Å². The summed E-state index contributed by atoms with van der Waals surface area (Å²) in [7, 11) is 0. The van der Waals surface area contributed by atoms with Crippen LogP contribution in [0.25, 0.3) is 0 Å². The Labute approximate surface area is 120 Å². The third-order valence-corrected chi connectivity index (χ3v) is 3.73. The summed E-state index contributed by atoms with van der Waals surface area (Å²) in [6, 6.07) is 8.02. The molecule has 5 heteroatoms. The largest absolute Gasteiger partial charge is 0.389 e. The van der Waals surface area contributed by atoms with Crippen molar-refractivity contribution in [3.05, 3.63) is 34.3 Å². The van der Waals surface area contributed by atoms with Crippen LogP contribution in [0.2, 0.25) is 0 Å². The molecule has 108 valence electrons. The van der Waals surface area contributed by atoms with E-state index in [0.29, 0.717) is 6.42 Å². The number of benzene rings is 1. The summed E-state index contributed by atoms with van der Waals surface area (Å²) in [6.07, 6.45) is -4.06. The van der Waals surface area contributed by atoms with Gasteiger partial charge in [0.2, 0.25) is 0 Å². The molecule has 0 saturated heterocycles. The van der Waals surface area contributed by atoms with Gasteiger partial charge in [-0.1, -0.05) is 34.1 Å². The van der Waals surface area contributed by atoms with Crippen LogP contribution in [0.15, 0.2) is 28.7 Å². The number of rotatable bonds is 6. The number of nitrogens with one attached hydrogen (secondary N) is 1. The van der Waals surface area contributed by atoms with Crippen LogP contribution in [0.4, 0.5) is 13.2 Å². The molecule has 19 heavy (non-hydrogen) atoms. The van der Waals surface area contributed by atoms with Gasteiger partial charge in [-0.15, -0.1) is 0 Å². The van der Waals surface area contributed by atoms with E-state index < -0.39 is 12.6 Å². The van der Waals surface area contributed by atoms with E-state index in [-0.39, 0.29) is 18.5 Å². The molecule has 0 bridgehead atoms. The number of halogens is 4. The minimum atomic E-state index is -4.05. The molecule has 0 fully saturated rings. The summed E-state index contributed by atoms with van der Waals surface area (Å²) in [5, 5.41) is 3.33. The predicted molar refractivity (Wildman–Crippen MR) is 75.1 cm³/mol. The van der Waals surface area contributed by atoms with E-state index in [9.17, 15) is 13.2 Å². The van der Waals surface area contributed by atoms with Crippen molar-refractivity contribution >= 4 is 15.9 Å². The quantitative estimate of drug-likeness (QED) is 0.750. The zero-order valence-electron chi connectivity index (χ0n) is 11.1. The predicted octanol–water partition coefficient (Wildman–Crippen LogP) is 5.22. The van der Waals surface area contributed by atoms with E-state index in [1.54, 1.807) is 0 Å². The highest BCUT2D eigenvalue weighted by molar-refractivity contribution is 9.10. The van der Waals surface area contributed by atoms with E-state index in [0.717, 1.165) is 10.0 Å². The first kappa shape index (κ1) is 16.5. The molecular weight excluding hydrogens is 319 g/mol. The molecule has 0 heterocycles. The zero-order valence-corrected chi connectivity index (χ0v) is 12.7. The maximum absolute atomic E-state index is 12.1. The van der Waals surface area contributed by atoms with E-state index in [1.165, 1.54) is 0 Å². The number of hydrogen-bond acceptors (Lipinski definition) is 1. The Hall–Kier alpha value is -0.550. The fraction of sp³-hybridized carbons (Fsp3) is 0.571. The topological polar surface area (TPSA) is 12.0 Å². The van der Waals surface area contributed by atoms with Gasteiger partial charge in [-0.3, -0.25) is 0 Å². The summed E-state index contributed by atoms with van der Waals surface area (Å²) in [6.45, 7) is 3.93. The summed E-state index contributed by atoms with van der Waals surface area (Å²) in [5.74, 6) is 0. The smallest absolute Gasteiger partial charge is 0.308 e. The molecule has 0 spiro atoms. The lowest BCUT2D eigenvalue weighted by atomic mass is 10.1. The molecule has 1 nitrogen and oxygen atoms in total. The van der Waals surface area contributed by atoms with Gasteiger partial charge >= 0.3 is 6.18 Å². The summed E-state index contributed by atoms with van der Waals surface area (Å²) in [5.41, 5.74) is 1.12. The lowest BCUT2D eigenvalue weighted by molar-refractivity contribution is -0.135. The second-order valence-corrected chi connectivity index (χ2v) is 5.67. The first-order valence-corrected chi connectivity index (χ1v) is 7.16. The highest BCUT2D eigenvalue weighted by Gasteiger charge is 2.26. The standard InChI is InChI=1S/C14H19BrF3N/c1-10(6-5-9-14(16,17)18)19-11(2)12-7-3-4-8-13(12)15/h3-4,7-8,10-11,19H,5-6,9H2,1-2H3. The van der Waals surface area contributed by atoms with Crippen molar-refractivity contribution in [2.45, 2.75) is 51.4 Å². The van der Waals surface area contributed by atoms with E-state index >= 15 is 0 Å². The van der Waals surface area contributed by atoms with Crippen LogP contribution < -0.4 is 5.32 Å². The van der Waals surface area contributed by atoms with Crippen molar-refractivity contribution in [1.29, 1.82) is 0 Å². The Morgan fingerprint density at radius 3 is 2.42 bits per heavy atom. The van der Waals surface area contributed by atoms with Gasteiger partial charge < -0.3 is 5.32 Å². The van der Waals surface area contributed by atoms with Crippen LogP contribution >= 0.6 is 15.9 Å². The van der Waals surface area contributed by atoms with Gasteiger partial charge in [0.25, 0.3) is 0 Å². The van der Waals surface area contributed by atoms with Crippen molar-refractivity contribution < 1.29 is 13.2 Å². The van der Waals surface area contributed by atoms with Gasteiger partial charge in [0.1, 0.15) is 0 Å². The van der Waals surface area contributed by atoms with Crippen LogP contribution in [-0.4, -0.2) is 12.2 Å². The average molecular weight is 338 g/mol. The molecule has 1 N–H and O–H groups in total. The summed E-state index contributed by atoms with van der Waals surface area (Å²) < 4.78 is 37.2. The SMILES string of the molecule is CC(CCCC(F)(F)F)NC(C)c1ccccc1Br. The number of alkyl halides is 3. The van der Waals surface area contributed by atoms with Crippen LogP contribution in [0.1, 0.15) is 44.7 Å². The highest BCUT2D eigenvalue weighted by Crippen LogP contribution is 2.25. The Balaban J connectivity index is 2.40. The van der Waals surface area contributed by atoms with Crippen LogP contribution in [0.5, 0.6) is 0 Å². The molecule has 0 amide bonds. The maximum Gasteiger partial charge on any atom is 0.389 e. The second kappa shape index (κ2) is 7.29. The fourth-order valence-electron chi connectivity index (χ4n) is 2.03. The van der Waals surface area contributed by atoms with Crippen molar-refractivity contribution in [1.82, 2.24) is 5.32 Å². The minimum absolute atomic E-state index is 0.0597. The van der Waals surface area contributed by atoms with Gasteiger partial charge in [0, 0.05) is 23.0 Å². The molecule has 0 aliphatic heterocycles. The molecular formula is C14H19BrF3N. The molecule has 0 aliphatic rings. The Morgan fingerprint density at radius 1 is 1.21 bits per heavy atom. The monoisotopic (exact) mass is 337 g/mol. The average Bonchev–Trinajstić information content (AvgIpc) is 2.27. The van der Waals surface area contributed by atoms with Crippen molar-refractivity contribution in [3.8, 4) is 0 Å². The molecule has 2 atom stereocenters. The molecule has 0 aromatic heterocycles. The molecule has 0 saturated carbocycles. The fourth-order valence-corrected chi connectivity index (χ4v) is 2.66. The summed E-state index contributed by atoms with van der Waals surface area (Å²) >= 11 is 3.48. The van der Waals surface area contributed by atoms with Gasteiger partial charge in [-0.05, 0) is 38.3 Å². The number of hydrogen-bond donors (Lipinski definition) is 1. The normalized spacial score (nSPS) is 15.3. The van der Waals surface area contributed by atoms with Gasteiger partial charge in [0.05, 0.1) is 0 Å². The summed E-state index contributed by atoms with van der Waals surface area (Å²) in [4.78, 5) is 0. The van der Waals surface area contributed by atoms with Crippen molar-refractivity contribution in [2.24, 2.45) is 0 Å². The van der Waals surface area contributed by atoms with E-state index in [1.807, 2.05) is 38.1 Å². The molecule has 0 aliphatic carbocycles. The van der Waals surface area contributed by atoms with Crippen molar-refractivity contribution in [2.75, 3.05) is 0 Å². The molecule has 1 rings (SSSR count). The minimum Gasteiger partial charge on any atom is -0.308 e.